The van der Waals surface area contributed by atoms with Crippen molar-refractivity contribution in [3.63, 3.8) is 0 Å². The second-order valence-corrected chi connectivity index (χ2v) is 7.67. The first-order chi connectivity index (χ1) is 15.9. The Morgan fingerprint density at radius 3 is 2.48 bits per heavy atom. The summed E-state index contributed by atoms with van der Waals surface area (Å²) < 4.78 is 15.3. The Labute approximate surface area is 194 Å². The van der Waals surface area contributed by atoms with Crippen molar-refractivity contribution in [1.82, 2.24) is 4.90 Å². The summed E-state index contributed by atoms with van der Waals surface area (Å²) in [6, 6.07) is 13.5. The summed E-state index contributed by atoms with van der Waals surface area (Å²) in [5, 5.41) is 2.10. The van der Waals surface area contributed by atoms with Crippen LogP contribution in [0.15, 0.2) is 53.4 Å². The molecule has 0 radical (unpaired) electrons. The first kappa shape index (κ1) is 23.9. The molecular formula is C23H22N2O7S. The number of esters is 1. The van der Waals surface area contributed by atoms with Gasteiger partial charge in [-0.3, -0.25) is 19.3 Å². The molecule has 172 valence electrons. The van der Waals surface area contributed by atoms with Crippen molar-refractivity contribution in [2.24, 2.45) is 0 Å². The van der Waals surface area contributed by atoms with Crippen LogP contribution < -0.4 is 14.8 Å². The van der Waals surface area contributed by atoms with Crippen LogP contribution in [0.3, 0.4) is 0 Å². The molecule has 1 fully saturated rings. The first-order valence-corrected chi connectivity index (χ1v) is 10.8. The zero-order valence-corrected chi connectivity index (χ0v) is 18.8. The molecule has 0 saturated carbocycles. The second-order valence-electron chi connectivity index (χ2n) is 6.68. The normalized spacial score (nSPS) is 14.4. The van der Waals surface area contributed by atoms with E-state index in [1.807, 2.05) is 6.92 Å². The van der Waals surface area contributed by atoms with E-state index in [1.54, 1.807) is 48.5 Å². The molecular weight excluding hydrogens is 448 g/mol. The third-order valence-corrected chi connectivity index (χ3v) is 5.31. The molecule has 10 heteroatoms. The van der Waals surface area contributed by atoms with Gasteiger partial charge in [-0.15, -0.1) is 0 Å². The molecule has 0 aliphatic carbocycles. The summed E-state index contributed by atoms with van der Waals surface area (Å²) >= 11 is 0.725. The Bertz CT molecular complexity index is 1080. The van der Waals surface area contributed by atoms with Crippen LogP contribution in [-0.4, -0.2) is 54.8 Å². The van der Waals surface area contributed by atoms with E-state index in [-0.39, 0.29) is 11.5 Å². The van der Waals surface area contributed by atoms with Crippen LogP contribution >= 0.6 is 11.8 Å². The molecule has 1 aliphatic heterocycles. The molecule has 3 rings (SSSR count). The average Bonchev–Trinajstić information content (AvgIpc) is 3.07. The van der Waals surface area contributed by atoms with Crippen molar-refractivity contribution < 1.29 is 33.4 Å². The Kier molecular flexibility index (Phi) is 8.09. The number of para-hydroxylation sites is 1. The highest BCUT2D eigenvalue weighted by molar-refractivity contribution is 8.18. The third-order valence-electron chi connectivity index (χ3n) is 4.40. The highest BCUT2D eigenvalue weighted by Crippen LogP contribution is 2.34. The van der Waals surface area contributed by atoms with E-state index < -0.39 is 29.6 Å². The van der Waals surface area contributed by atoms with E-state index in [0.717, 1.165) is 16.7 Å². The summed E-state index contributed by atoms with van der Waals surface area (Å²) in [6.45, 7) is 1.68. The number of rotatable bonds is 9. The molecule has 3 amide bonds. The summed E-state index contributed by atoms with van der Waals surface area (Å²) in [6.07, 6.45) is 1.49. The van der Waals surface area contributed by atoms with Crippen molar-refractivity contribution in [2.45, 2.75) is 6.92 Å². The van der Waals surface area contributed by atoms with E-state index >= 15 is 0 Å². The Morgan fingerprint density at radius 1 is 1.06 bits per heavy atom. The van der Waals surface area contributed by atoms with Gasteiger partial charge in [-0.05, 0) is 55.1 Å². The van der Waals surface area contributed by atoms with E-state index in [1.165, 1.54) is 13.2 Å². The molecule has 9 nitrogen and oxygen atoms in total. The Balaban J connectivity index is 1.66. The first-order valence-electron chi connectivity index (χ1n) is 9.98. The lowest BCUT2D eigenvalue weighted by Gasteiger charge is -2.13. The predicted molar refractivity (Wildman–Crippen MR) is 123 cm³/mol. The average molecular weight is 471 g/mol. The van der Waals surface area contributed by atoms with Crippen molar-refractivity contribution in [1.29, 1.82) is 0 Å². The predicted octanol–water partition coefficient (Wildman–Crippen LogP) is 3.31. The maximum atomic E-state index is 12.8. The zero-order valence-electron chi connectivity index (χ0n) is 18.0. The largest absolute Gasteiger partial charge is 0.494 e. The number of nitrogens with one attached hydrogen (secondary N) is 1. The lowest BCUT2D eigenvalue weighted by atomic mass is 10.2. The monoisotopic (exact) mass is 470 g/mol. The number of hydrogen-bond donors (Lipinski definition) is 1. The number of methoxy groups -OCH3 is 1. The molecule has 2 aromatic carbocycles. The van der Waals surface area contributed by atoms with Crippen LogP contribution in [0.2, 0.25) is 0 Å². The number of thioether (sulfide) groups is 1. The fourth-order valence-corrected chi connectivity index (χ4v) is 3.68. The Morgan fingerprint density at radius 2 is 1.79 bits per heavy atom. The fourth-order valence-electron chi connectivity index (χ4n) is 2.85. The number of benzene rings is 2. The minimum Gasteiger partial charge on any atom is -0.494 e. The van der Waals surface area contributed by atoms with Crippen molar-refractivity contribution >= 4 is 46.5 Å². The smallest absolute Gasteiger partial charge is 0.343 e. The van der Waals surface area contributed by atoms with Gasteiger partial charge in [0.25, 0.3) is 11.1 Å². The molecule has 0 atom stereocenters. The zero-order chi connectivity index (χ0) is 23.8. The van der Waals surface area contributed by atoms with Crippen LogP contribution in [0.5, 0.6) is 11.5 Å². The van der Waals surface area contributed by atoms with Crippen molar-refractivity contribution in [3.05, 3.63) is 59.0 Å². The summed E-state index contributed by atoms with van der Waals surface area (Å²) in [4.78, 5) is 49.9. The van der Waals surface area contributed by atoms with Gasteiger partial charge >= 0.3 is 5.97 Å². The van der Waals surface area contributed by atoms with Crippen molar-refractivity contribution in [3.8, 4) is 11.5 Å². The minimum atomic E-state index is -0.588. The van der Waals surface area contributed by atoms with Crippen LogP contribution in [0.25, 0.3) is 6.08 Å². The molecule has 0 bridgehead atoms. The molecule has 0 aromatic heterocycles. The minimum absolute atomic E-state index is 0.142. The van der Waals surface area contributed by atoms with Gasteiger partial charge in [-0.1, -0.05) is 18.2 Å². The molecule has 0 spiro atoms. The maximum absolute atomic E-state index is 12.8. The van der Waals surface area contributed by atoms with Crippen LogP contribution in [0.4, 0.5) is 10.5 Å². The van der Waals surface area contributed by atoms with E-state index in [4.69, 9.17) is 9.47 Å². The quantitative estimate of drug-likeness (QED) is 0.439. The summed E-state index contributed by atoms with van der Waals surface area (Å²) in [7, 11) is 1.25. The van der Waals surface area contributed by atoms with E-state index in [0.29, 0.717) is 29.4 Å². The van der Waals surface area contributed by atoms with Gasteiger partial charge in [0.1, 0.15) is 18.0 Å². The maximum Gasteiger partial charge on any atom is 0.343 e. The number of amides is 3. The van der Waals surface area contributed by atoms with E-state index in [2.05, 4.69) is 10.1 Å². The van der Waals surface area contributed by atoms with Gasteiger partial charge in [-0.25, -0.2) is 4.79 Å². The third kappa shape index (κ3) is 6.36. The molecule has 1 saturated heterocycles. The number of anilines is 1. The van der Waals surface area contributed by atoms with Crippen LogP contribution in [0, 0.1) is 0 Å². The number of imide groups is 1. The van der Waals surface area contributed by atoms with E-state index in [9.17, 15) is 19.2 Å². The van der Waals surface area contributed by atoms with Gasteiger partial charge < -0.3 is 19.5 Å². The number of carbonyl (C=O) groups is 4. The van der Waals surface area contributed by atoms with Crippen molar-refractivity contribution in [2.75, 3.05) is 32.2 Å². The molecule has 2 aromatic rings. The molecule has 0 unspecified atom stereocenters. The molecule has 1 heterocycles. The number of hydrogen-bond acceptors (Lipinski definition) is 8. The Hall–Kier alpha value is -3.79. The topological polar surface area (TPSA) is 111 Å². The van der Waals surface area contributed by atoms with Crippen LogP contribution in [-0.2, 0) is 19.1 Å². The number of ether oxygens (including phenoxy) is 3. The van der Waals surface area contributed by atoms with Crippen LogP contribution in [0.1, 0.15) is 12.5 Å². The highest BCUT2D eigenvalue weighted by atomic mass is 32.2. The standard InChI is InChI=1S/C23H22N2O7S/c1-3-31-17-10-8-16(9-11-17)24-20(26)13-25-22(28)19(33-23(25)29)12-15-6-4-5-7-18(15)32-14-21(27)30-2/h4-12H,3,13-14H2,1-2H3,(H,24,26)/b19-12+. The SMILES string of the molecule is CCOc1ccc(NC(=O)CN2C(=O)S/C(=C/c3ccccc3OCC(=O)OC)C2=O)cc1. The molecule has 1 aliphatic rings. The highest BCUT2D eigenvalue weighted by Gasteiger charge is 2.36. The van der Waals surface area contributed by atoms with Gasteiger partial charge in [0.05, 0.1) is 18.6 Å². The van der Waals surface area contributed by atoms with Gasteiger partial charge in [-0.2, -0.15) is 0 Å². The fraction of sp³-hybridized carbons (Fsp3) is 0.217. The second kappa shape index (κ2) is 11.2. The molecule has 33 heavy (non-hydrogen) atoms. The number of carbonyl (C=O) groups excluding carboxylic acids is 4. The van der Waals surface area contributed by atoms with Gasteiger partial charge in [0.15, 0.2) is 6.61 Å². The van der Waals surface area contributed by atoms with Gasteiger partial charge in [0.2, 0.25) is 5.91 Å². The number of nitrogens with zero attached hydrogens (tertiary/aromatic N) is 1. The molecule has 1 N–H and O–H groups in total. The lowest BCUT2D eigenvalue weighted by molar-refractivity contribution is -0.142. The summed E-state index contributed by atoms with van der Waals surface area (Å²) in [5.41, 5.74) is 1.02. The van der Waals surface area contributed by atoms with Gasteiger partial charge in [0, 0.05) is 11.3 Å². The lowest BCUT2D eigenvalue weighted by Crippen LogP contribution is -2.36. The summed E-state index contributed by atoms with van der Waals surface area (Å²) in [5.74, 6) is -0.631.